The Balaban J connectivity index is 2.39. The van der Waals surface area contributed by atoms with Gasteiger partial charge in [-0.1, -0.05) is 25.5 Å². The Bertz CT molecular complexity index is 431. The average molecular weight is 265 g/mol. The van der Waals surface area contributed by atoms with Gasteiger partial charge in [-0.25, -0.2) is 0 Å². The maximum atomic E-state index is 11.6. The maximum absolute atomic E-state index is 11.6. The number of hydrogen-bond acceptors (Lipinski definition) is 4. The minimum Gasteiger partial charge on any atom is -0.352 e. The smallest absolute Gasteiger partial charge is 0.269 e. The van der Waals surface area contributed by atoms with Gasteiger partial charge in [0.25, 0.3) is 5.69 Å². The van der Waals surface area contributed by atoms with Crippen molar-refractivity contribution in [3.8, 4) is 0 Å². The van der Waals surface area contributed by atoms with Crippen LogP contribution in [0.3, 0.4) is 0 Å². The molecule has 0 radical (unpaired) electrons. The first-order chi connectivity index (χ1) is 9.02. The lowest BCUT2D eigenvalue weighted by atomic mass is 10.1. The van der Waals surface area contributed by atoms with Crippen LogP contribution < -0.4 is 11.1 Å². The molecule has 1 amide bonds. The summed E-state index contributed by atoms with van der Waals surface area (Å²) < 4.78 is 0. The van der Waals surface area contributed by atoms with Crippen LogP contribution in [-0.2, 0) is 11.3 Å². The molecule has 6 heteroatoms. The van der Waals surface area contributed by atoms with Gasteiger partial charge in [-0.05, 0) is 12.0 Å². The van der Waals surface area contributed by atoms with Gasteiger partial charge in [0.15, 0.2) is 0 Å². The summed E-state index contributed by atoms with van der Waals surface area (Å²) in [5.41, 5.74) is 6.64. The van der Waals surface area contributed by atoms with Crippen molar-refractivity contribution in [1.82, 2.24) is 5.32 Å². The molecular weight excluding hydrogens is 246 g/mol. The fraction of sp³-hybridized carbons (Fsp3) is 0.462. The van der Waals surface area contributed by atoms with E-state index in [0.29, 0.717) is 13.0 Å². The van der Waals surface area contributed by atoms with E-state index in [1.54, 1.807) is 12.1 Å². The molecule has 1 aromatic rings. The number of nitrogens with zero attached hydrogens (tertiary/aromatic N) is 1. The molecule has 1 aromatic carbocycles. The Kier molecular flexibility index (Phi) is 5.95. The number of amides is 1. The molecule has 0 heterocycles. The number of nitrogens with two attached hydrogens (primary N) is 1. The number of nitro benzene ring substituents is 1. The minimum atomic E-state index is -0.452. The number of nitro groups is 1. The molecule has 3 N–H and O–H groups in total. The monoisotopic (exact) mass is 265 g/mol. The van der Waals surface area contributed by atoms with E-state index in [0.717, 1.165) is 18.4 Å². The zero-order valence-corrected chi connectivity index (χ0v) is 11.0. The Hall–Kier alpha value is -1.95. The minimum absolute atomic E-state index is 0.0417. The van der Waals surface area contributed by atoms with Gasteiger partial charge in [-0.15, -0.1) is 0 Å². The van der Waals surface area contributed by atoms with Crippen LogP contribution in [0.15, 0.2) is 24.3 Å². The maximum Gasteiger partial charge on any atom is 0.269 e. The van der Waals surface area contributed by atoms with Crippen LogP contribution in [0, 0.1) is 10.1 Å². The van der Waals surface area contributed by atoms with Crippen LogP contribution in [0.2, 0.25) is 0 Å². The highest BCUT2D eigenvalue weighted by Crippen LogP contribution is 2.11. The molecule has 1 rings (SSSR count). The summed E-state index contributed by atoms with van der Waals surface area (Å²) in [6, 6.07) is 5.99. The fourth-order valence-corrected chi connectivity index (χ4v) is 1.72. The van der Waals surface area contributed by atoms with Crippen LogP contribution >= 0.6 is 0 Å². The van der Waals surface area contributed by atoms with Crippen molar-refractivity contribution < 1.29 is 9.72 Å². The number of non-ortho nitro benzene ring substituents is 1. The Morgan fingerprint density at radius 3 is 2.58 bits per heavy atom. The summed E-state index contributed by atoms with van der Waals surface area (Å²) in [7, 11) is 0. The van der Waals surface area contributed by atoms with Gasteiger partial charge in [0.05, 0.1) is 4.92 Å². The highest BCUT2D eigenvalue weighted by Gasteiger charge is 2.09. The van der Waals surface area contributed by atoms with Gasteiger partial charge in [0, 0.05) is 31.1 Å². The summed E-state index contributed by atoms with van der Waals surface area (Å²) in [6.45, 7) is 2.38. The zero-order chi connectivity index (χ0) is 14.3. The summed E-state index contributed by atoms with van der Waals surface area (Å²) in [4.78, 5) is 21.6. The first-order valence-corrected chi connectivity index (χ1v) is 6.28. The molecule has 0 aliphatic heterocycles. The molecule has 1 atom stereocenters. The number of rotatable bonds is 7. The van der Waals surface area contributed by atoms with Crippen LogP contribution in [0.4, 0.5) is 5.69 Å². The predicted molar refractivity (Wildman–Crippen MR) is 72.4 cm³/mol. The summed E-state index contributed by atoms with van der Waals surface area (Å²) in [5.74, 6) is -0.0979. The van der Waals surface area contributed by atoms with Gasteiger partial charge in [-0.3, -0.25) is 14.9 Å². The lowest BCUT2D eigenvalue weighted by Gasteiger charge is -2.10. The molecule has 104 valence electrons. The van der Waals surface area contributed by atoms with E-state index < -0.39 is 4.92 Å². The van der Waals surface area contributed by atoms with E-state index in [1.165, 1.54) is 12.1 Å². The third-order valence-electron chi connectivity index (χ3n) is 2.74. The lowest BCUT2D eigenvalue weighted by molar-refractivity contribution is -0.384. The van der Waals surface area contributed by atoms with Crippen molar-refractivity contribution in [3.63, 3.8) is 0 Å². The van der Waals surface area contributed by atoms with Crippen molar-refractivity contribution in [3.05, 3.63) is 39.9 Å². The molecule has 6 nitrogen and oxygen atoms in total. The summed E-state index contributed by atoms with van der Waals surface area (Å²) >= 11 is 0. The second kappa shape index (κ2) is 7.48. The van der Waals surface area contributed by atoms with Crippen LogP contribution in [0.1, 0.15) is 31.7 Å². The molecule has 0 saturated heterocycles. The molecule has 0 spiro atoms. The number of benzene rings is 1. The van der Waals surface area contributed by atoms with E-state index in [4.69, 9.17) is 5.73 Å². The largest absolute Gasteiger partial charge is 0.352 e. The topological polar surface area (TPSA) is 98.3 Å². The SMILES string of the molecule is CCCC(N)CC(=O)NCc1ccc([N+](=O)[O-])cc1. The quantitative estimate of drug-likeness (QED) is 0.579. The first kappa shape index (κ1) is 15.1. The molecular formula is C13H19N3O3. The van der Waals surface area contributed by atoms with E-state index in [9.17, 15) is 14.9 Å². The highest BCUT2D eigenvalue weighted by molar-refractivity contribution is 5.76. The Morgan fingerprint density at radius 2 is 2.05 bits per heavy atom. The Morgan fingerprint density at radius 1 is 1.42 bits per heavy atom. The molecule has 0 bridgehead atoms. The van der Waals surface area contributed by atoms with Gasteiger partial charge in [-0.2, -0.15) is 0 Å². The zero-order valence-electron chi connectivity index (χ0n) is 11.0. The van der Waals surface area contributed by atoms with Crippen molar-refractivity contribution in [1.29, 1.82) is 0 Å². The normalized spacial score (nSPS) is 11.9. The fourth-order valence-electron chi connectivity index (χ4n) is 1.72. The van der Waals surface area contributed by atoms with E-state index in [-0.39, 0.29) is 17.6 Å². The van der Waals surface area contributed by atoms with Crippen molar-refractivity contribution in [2.45, 2.75) is 38.8 Å². The predicted octanol–water partition coefficient (Wildman–Crippen LogP) is 1.73. The first-order valence-electron chi connectivity index (χ1n) is 6.28. The van der Waals surface area contributed by atoms with Crippen molar-refractivity contribution >= 4 is 11.6 Å². The Labute approximate surface area is 112 Å². The molecule has 0 aliphatic carbocycles. The van der Waals surface area contributed by atoms with E-state index >= 15 is 0 Å². The molecule has 0 saturated carbocycles. The number of carbonyl (C=O) groups is 1. The van der Waals surface area contributed by atoms with Crippen molar-refractivity contribution in [2.75, 3.05) is 0 Å². The van der Waals surface area contributed by atoms with E-state index in [2.05, 4.69) is 5.32 Å². The van der Waals surface area contributed by atoms with Crippen LogP contribution in [0.25, 0.3) is 0 Å². The number of carbonyl (C=O) groups excluding carboxylic acids is 1. The van der Waals surface area contributed by atoms with Crippen molar-refractivity contribution in [2.24, 2.45) is 5.73 Å². The van der Waals surface area contributed by atoms with Crippen LogP contribution in [-0.4, -0.2) is 16.9 Å². The van der Waals surface area contributed by atoms with Gasteiger partial charge in [0.2, 0.25) is 5.91 Å². The highest BCUT2D eigenvalue weighted by atomic mass is 16.6. The standard InChI is InChI=1S/C13H19N3O3/c1-2-3-11(14)8-13(17)15-9-10-4-6-12(7-5-10)16(18)19/h4-7,11H,2-3,8-9,14H2,1H3,(H,15,17). The van der Waals surface area contributed by atoms with Gasteiger partial charge < -0.3 is 11.1 Å². The molecule has 19 heavy (non-hydrogen) atoms. The average Bonchev–Trinajstić information content (AvgIpc) is 2.37. The second-order valence-corrected chi connectivity index (χ2v) is 4.45. The van der Waals surface area contributed by atoms with Gasteiger partial charge >= 0.3 is 0 Å². The number of hydrogen-bond donors (Lipinski definition) is 2. The second-order valence-electron chi connectivity index (χ2n) is 4.45. The van der Waals surface area contributed by atoms with Crippen LogP contribution in [0.5, 0.6) is 0 Å². The summed E-state index contributed by atoms with van der Waals surface area (Å²) in [6.07, 6.45) is 2.09. The third-order valence-corrected chi connectivity index (χ3v) is 2.74. The summed E-state index contributed by atoms with van der Waals surface area (Å²) in [5, 5.41) is 13.2. The molecule has 0 fully saturated rings. The molecule has 1 unspecified atom stereocenters. The van der Waals surface area contributed by atoms with E-state index in [1.807, 2.05) is 6.92 Å². The molecule has 0 aliphatic rings. The molecule has 0 aromatic heterocycles. The third kappa shape index (κ3) is 5.48. The lowest BCUT2D eigenvalue weighted by Crippen LogP contribution is -2.31. The van der Waals surface area contributed by atoms with Gasteiger partial charge in [0.1, 0.15) is 0 Å². The number of nitrogens with one attached hydrogen (secondary N) is 1.